The van der Waals surface area contributed by atoms with E-state index in [-0.39, 0.29) is 23.9 Å². The van der Waals surface area contributed by atoms with Gasteiger partial charge < -0.3 is 19.7 Å². The third kappa shape index (κ3) is 9.65. The van der Waals surface area contributed by atoms with Crippen LogP contribution in [-0.4, -0.2) is 68.2 Å². The summed E-state index contributed by atoms with van der Waals surface area (Å²) < 4.78 is 11.3. The second-order valence-electron chi connectivity index (χ2n) is 10.5. The molecule has 1 aromatic heterocycles. The molecule has 0 bridgehead atoms. The average Bonchev–Trinajstić information content (AvgIpc) is 3.43. The Morgan fingerprint density at radius 3 is 2.58 bits per heavy atom. The summed E-state index contributed by atoms with van der Waals surface area (Å²) in [6.07, 6.45) is 0.896. The first-order valence-corrected chi connectivity index (χ1v) is 16.3. The molecule has 1 aromatic carbocycles. The Kier molecular flexibility index (Phi) is 10.8. The van der Waals surface area contributed by atoms with E-state index < -0.39 is 24.1 Å². The zero-order chi connectivity index (χ0) is 27.9. The number of aliphatic carboxylic acids is 2. The number of nitrogens with zero attached hydrogens (tertiary/aromatic N) is 2. The van der Waals surface area contributed by atoms with Gasteiger partial charge in [-0.3, -0.25) is 9.79 Å². The van der Waals surface area contributed by atoms with Crippen LogP contribution in [-0.2, 0) is 14.3 Å². The smallest absolute Gasteiger partial charge is 0.481 e. The van der Waals surface area contributed by atoms with Crippen molar-refractivity contribution in [1.82, 2.24) is 4.98 Å². The number of benzene rings is 1. The van der Waals surface area contributed by atoms with Crippen LogP contribution in [0.4, 0.5) is 4.79 Å². The van der Waals surface area contributed by atoms with Crippen molar-refractivity contribution < 1.29 is 34.1 Å². The normalized spacial score (nSPS) is 15.9. The summed E-state index contributed by atoms with van der Waals surface area (Å²) in [7, 11) is 3.46. The summed E-state index contributed by atoms with van der Waals surface area (Å²) >= 11 is 2.74. The Morgan fingerprint density at radius 1 is 1.13 bits per heavy atom. The number of carboxylic acid groups (broad SMARTS) is 2. The Labute approximate surface area is 238 Å². The van der Waals surface area contributed by atoms with Crippen LogP contribution >= 0.6 is 44.7 Å². The van der Waals surface area contributed by atoms with Crippen molar-refractivity contribution >= 4 is 78.0 Å². The molecule has 3 rings (SSSR count). The topological polar surface area (TPSA) is 135 Å². The van der Waals surface area contributed by atoms with Crippen LogP contribution in [0.2, 0.25) is 0 Å². The van der Waals surface area contributed by atoms with Crippen molar-refractivity contribution in [1.29, 1.82) is 0 Å². The van der Waals surface area contributed by atoms with Crippen molar-refractivity contribution in [2.45, 2.75) is 53.0 Å². The van der Waals surface area contributed by atoms with Gasteiger partial charge in [0.25, 0.3) is 0 Å². The van der Waals surface area contributed by atoms with Gasteiger partial charge in [0.05, 0.1) is 23.2 Å². The maximum absolute atomic E-state index is 12.1. The number of aromatic nitrogens is 1. The number of carbonyl (C=O) groups excluding carboxylic acids is 1. The number of hydrogen-bond donors (Lipinski definition) is 2. The monoisotopic (exact) mass is 600 g/mol. The number of aliphatic imine (C=N–C) groups is 1. The van der Waals surface area contributed by atoms with Crippen molar-refractivity contribution in [3.05, 3.63) is 23.2 Å². The van der Waals surface area contributed by atoms with Crippen molar-refractivity contribution in [3.8, 4) is 5.75 Å². The molecule has 0 unspecified atom stereocenters. The number of thioether (sulfide) groups is 1. The summed E-state index contributed by atoms with van der Waals surface area (Å²) in [6, 6.07) is 4.34. The first kappa shape index (κ1) is 30.6. The molecule has 9 nitrogen and oxygen atoms in total. The SMILES string of the molecule is CC(C)(CSSCCCOC(=O)Oc1ccc2nc(C3=N[C@@H](C(=O)O)CS3)sc2c1)CC(C)(C)CC(=O)O. The lowest BCUT2D eigenvalue weighted by Crippen LogP contribution is -2.27. The van der Waals surface area contributed by atoms with Gasteiger partial charge in [-0.25, -0.2) is 14.6 Å². The number of carbonyl (C=O) groups is 3. The fourth-order valence-corrected chi connectivity index (χ4v) is 9.02. The van der Waals surface area contributed by atoms with Gasteiger partial charge in [-0.2, -0.15) is 0 Å². The molecule has 0 fully saturated rings. The van der Waals surface area contributed by atoms with Gasteiger partial charge in [-0.15, -0.1) is 23.1 Å². The second kappa shape index (κ2) is 13.4. The molecule has 1 aliphatic heterocycles. The highest BCUT2D eigenvalue weighted by molar-refractivity contribution is 8.76. The van der Waals surface area contributed by atoms with E-state index in [1.807, 2.05) is 13.8 Å². The first-order chi connectivity index (χ1) is 17.8. The molecule has 2 N–H and O–H groups in total. The molecule has 0 amide bonds. The van der Waals surface area contributed by atoms with E-state index in [9.17, 15) is 14.4 Å². The van der Waals surface area contributed by atoms with Crippen LogP contribution in [0.3, 0.4) is 0 Å². The molecule has 0 saturated carbocycles. The van der Waals surface area contributed by atoms with Crippen LogP contribution in [0.1, 0.15) is 52.0 Å². The molecule has 38 heavy (non-hydrogen) atoms. The maximum Gasteiger partial charge on any atom is 0.513 e. The second-order valence-corrected chi connectivity index (χ2v) is 15.1. The summed E-state index contributed by atoms with van der Waals surface area (Å²) in [5, 5.41) is 19.5. The lowest BCUT2D eigenvalue weighted by Gasteiger charge is -2.33. The molecule has 0 aliphatic carbocycles. The zero-order valence-corrected chi connectivity index (χ0v) is 25.0. The van der Waals surface area contributed by atoms with Crippen molar-refractivity contribution in [3.63, 3.8) is 0 Å². The minimum absolute atomic E-state index is 0.0150. The lowest BCUT2D eigenvalue weighted by molar-refractivity contribution is -0.140. The first-order valence-electron chi connectivity index (χ1n) is 12.0. The van der Waals surface area contributed by atoms with E-state index in [0.29, 0.717) is 28.0 Å². The number of carboxylic acids is 2. The maximum atomic E-state index is 12.1. The quantitative estimate of drug-likeness (QED) is 0.107. The highest BCUT2D eigenvalue weighted by Crippen LogP contribution is 2.40. The minimum Gasteiger partial charge on any atom is -0.481 e. The van der Waals surface area contributed by atoms with E-state index >= 15 is 0 Å². The molecule has 13 heteroatoms. The predicted octanol–water partition coefficient (Wildman–Crippen LogP) is 6.45. The molecule has 208 valence electrons. The van der Waals surface area contributed by atoms with E-state index in [1.165, 1.54) is 23.1 Å². The largest absolute Gasteiger partial charge is 0.513 e. The fraction of sp³-hybridized carbons (Fsp3) is 0.560. The molecular formula is C25H32N2O7S4. The lowest BCUT2D eigenvalue weighted by atomic mass is 9.74. The molecular weight excluding hydrogens is 569 g/mol. The third-order valence-electron chi connectivity index (χ3n) is 5.39. The van der Waals surface area contributed by atoms with Gasteiger partial charge in [0.2, 0.25) is 0 Å². The third-order valence-corrected chi connectivity index (χ3v) is 10.5. The van der Waals surface area contributed by atoms with Gasteiger partial charge in [0.1, 0.15) is 15.8 Å². The molecule has 0 radical (unpaired) electrons. The molecule has 1 atom stereocenters. The zero-order valence-electron chi connectivity index (χ0n) is 21.7. The van der Waals surface area contributed by atoms with Crippen LogP contribution in [0.25, 0.3) is 10.2 Å². The van der Waals surface area contributed by atoms with Gasteiger partial charge in [0, 0.05) is 23.3 Å². The Morgan fingerprint density at radius 2 is 1.89 bits per heavy atom. The molecule has 1 aliphatic rings. The Balaban J connectivity index is 1.36. The summed E-state index contributed by atoms with van der Waals surface area (Å²) in [4.78, 5) is 43.0. The van der Waals surface area contributed by atoms with Crippen LogP contribution in [0, 0.1) is 10.8 Å². The highest BCUT2D eigenvalue weighted by atomic mass is 33.1. The molecule has 2 aromatic rings. The number of ether oxygens (including phenoxy) is 2. The predicted molar refractivity (Wildman–Crippen MR) is 156 cm³/mol. The summed E-state index contributed by atoms with van der Waals surface area (Å²) in [6.45, 7) is 8.55. The Hall–Kier alpha value is -1.96. The standard InChI is InChI=1S/C25H32N2O7S4/c1-24(2,11-19(28)29)13-25(3,4)14-37-36-9-5-8-33-23(32)34-15-6-7-16-18(10-15)38-21(26-16)20-27-17(12-35-20)22(30)31/h6-7,10,17H,5,8-9,11-14H2,1-4H3,(H,28,29)(H,30,31)/t17-/m1/s1. The van der Waals surface area contributed by atoms with Crippen molar-refractivity contribution in [2.24, 2.45) is 15.8 Å². The van der Waals surface area contributed by atoms with E-state index in [0.717, 1.165) is 28.1 Å². The van der Waals surface area contributed by atoms with Gasteiger partial charge in [0.15, 0.2) is 6.04 Å². The van der Waals surface area contributed by atoms with Crippen LogP contribution < -0.4 is 4.74 Å². The number of rotatable bonds is 14. The summed E-state index contributed by atoms with van der Waals surface area (Å²) in [5.41, 5.74) is 0.481. The minimum atomic E-state index is -0.946. The van der Waals surface area contributed by atoms with Crippen molar-refractivity contribution in [2.75, 3.05) is 23.9 Å². The van der Waals surface area contributed by atoms with E-state index in [2.05, 4.69) is 23.8 Å². The van der Waals surface area contributed by atoms with Crippen LogP contribution in [0.5, 0.6) is 5.75 Å². The average molecular weight is 601 g/mol. The number of hydrogen-bond acceptors (Lipinski definition) is 11. The number of thiazole rings is 1. The molecule has 0 spiro atoms. The number of fused-ring (bicyclic) bond motifs is 1. The van der Waals surface area contributed by atoms with Gasteiger partial charge in [-0.05, 0) is 35.8 Å². The summed E-state index contributed by atoms with van der Waals surface area (Å²) in [5.74, 6) is 0.738. The Bertz CT molecular complexity index is 1200. The van der Waals surface area contributed by atoms with Gasteiger partial charge in [-0.1, -0.05) is 49.3 Å². The van der Waals surface area contributed by atoms with E-state index in [1.54, 1.807) is 39.8 Å². The highest BCUT2D eigenvalue weighted by Gasteiger charge is 2.31. The molecule has 2 heterocycles. The van der Waals surface area contributed by atoms with Crippen LogP contribution in [0.15, 0.2) is 23.2 Å². The van der Waals surface area contributed by atoms with E-state index in [4.69, 9.17) is 19.7 Å². The van der Waals surface area contributed by atoms with Gasteiger partial charge >= 0.3 is 18.1 Å². The fourth-order valence-electron chi connectivity index (χ4n) is 4.15. The molecule has 0 saturated heterocycles.